The molecule has 5 nitrogen and oxygen atoms in total. The lowest BCUT2D eigenvalue weighted by atomic mass is 10.5. The molecular weight excluding hydrogens is 284 g/mol. The zero-order valence-corrected chi connectivity index (χ0v) is 12.7. The Hall–Kier alpha value is -1.31. The lowest BCUT2D eigenvalue weighted by molar-refractivity contribution is 0.0520. The maximum Gasteiger partial charge on any atom is 0.357 e. The monoisotopic (exact) mass is 300 g/mol. The number of nitrogens with zero attached hydrogens (tertiary/aromatic N) is 2. The van der Waals surface area contributed by atoms with E-state index >= 15 is 0 Å². The average molecular weight is 300 g/mol. The van der Waals surface area contributed by atoms with Crippen LogP contribution in [0.1, 0.15) is 33.1 Å². The second kappa shape index (κ2) is 7.98. The zero-order valence-electron chi connectivity index (χ0n) is 11.0. The number of carbonyl (C=O) groups excluding carboxylic acids is 1. The fourth-order valence-corrected chi connectivity index (χ4v) is 2.33. The van der Waals surface area contributed by atoms with Crippen LogP contribution in [0.15, 0.2) is 10.8 Å². The topological polar surface area (TPSA) is 72.3 Å². The molecule has 0 aliphatic carbocycles. The van der Waals surface area contributed by atoms with Gasteiger partial charge in [-0.25, -0.2) is 14.8 Å². The molecule has 1 N–H and O–H groups in total. The fourth-order valence-electron chi connectivity index (χ4n) is 1.14. The number of aliphatic hydroxyl groups is 1. The number of aromatic nitrogens is 2. The molecule has 0 unspecified atom stereocenters. The van der Waals surface area contributed by atoms with Gasteiger partial charge in [0, 0.05) is 10.8 Å². The predicted octanol–water partition coefficient (Wildman–Crippen LogP) is 2.57. The summed E-state index contributed by atoms with van der Waals surface area (Å²) in [6.45, 7) is 6.01. The third kappa shape index (κ3) is 5.46. The molecule has 0 amide bonds. The van der Waals surface area contributed by atoms with Crippen molar-refractivity contribution in [1.29, 1.82) is 0 Å². The average Bonchev–Trinajstić information content (AvgIpc) is 2.99. The van der Waals surface area contributed by atoms with Gasteiger partial charge in [-0.15, -0.1) is 22.7 Å². The van der Waals surface area contributed by atoms with Crippen molar-refractivity contribution in [2.24, 2.45) is 0 Å². The number of hydrogen-bond acceptors (Lipinski definition) is 7. The Morgan fingerprint density at radius 1 is 1.26 bits per heavy atom. The lowest BCUT2D eigenvalue weighted by Crippen LogP contribution is -2.04. The number of aliphatic hydroxyl groups excluding tert-OH is 1. The van der Waals surface area contributed by atoms with Crippen molar-refractivity contribution in [3.05, 3.63) is 32.2 Å². The molecule has 2 aromatic rings. The van der Waals surface area contributed by atoms with Crippen molar-refractivity contribution in [2.75, 3.05) is 6.61 Å². The third-order valence-corrected chi connectivity index (χ3v) is 3.53. The molecule has 19 heavy (non-hydrogen) atoms. The molecule has 0 atom stereocenters. The molecule has 0 saturated heterocycles. The van der Waals surface area contributed by atoms with Gasteiger partial charge in [-0.05, 0) is 20.8 Å². The maximum atomic E-state index is 11.0. The minimum Gasteiger partial charge on any atom is -0.461 e. The Morgan fingerprint density at radius 3 is 2.26 bits per heavy atom. The van der Waals surface area contributed by atoms with E-state index in [2.05, 4.69) is 9.97 Å². The second-order valence-electron chi connectivity index (χ2n) is 3.49. The predicted molar refractivity (Wildman–Crippen MR) is 75.6 cm³/mol. The van der Waals surface area contributed by atoms with E-state index in [0.29, 0.717) is 12.3 Å². The summed E-state index contributed by atoms with van der Waals surface area (Å²) in [5.41, 5.74) is 1.18. The molecule has 0 aliphatic heterocycles. The summed E-state index contributed by atoms with van der Waals surface area (Å²) in [5, 5.41) is 13.9. The van der Waals surface area contributed by atoms with E-state index < -0.39 is 0 Å². The molecule has 0 radical (unpaired) electrons. The van der Waals surface area contributed by atoms with Crippen LogP contribution in [0.5, 0.6) is 0 Å². The molecule has 0 saturated carbocycles. The standard InChI is InChI=1S/C7H9NO2S.C5H7NOS/c1-3-10-7(9)6-4-11-5(2)8-6;1-4-6-5(2-7)3-8-4/h4H,3H2,1-2H3;3,7H,2H2,1H3. The van der Waals surface area contributed by atoms with Crippen LogP contribution in [0.4, 0.5) is 0 Å². The Labute approximate surface area is 119 Å². The van der Waals surface area contributed by atoms with Crippen molar-refractivity contribution in [1.82, 2.24) is 9.97 Å². The number of hydrogen-bond donors (Lipinski definition) is 1. The fraction of sp³-hybridized carbons (Fsp3) is 0.417. The minimum absolute atomic E-state index is 0.0599. The highest BCUT2D eigenvalue weighted by Gasteiger charge is 2.08. The van der Waals surface area contributed by atoms with Crippen molar-refractivity contribution < 1.29 is 14.6 Å². The Bertz CT molecular complexity index is 523. The van der Waals surface area contributed by atoms with Crippen molar-refractivity contribution >= 4 is 28.6 Å². The first-order valence-corrected chi connectivity index (χ1v) is 7.43. The molecule has 0 aliphatic rings. The van der Waals surface area contributed by atoms with E-state index in [0.717, 1.165) is 15.7 Å². The van der Waals surface area contributed by atoms with Crippen molar-refractivity contribution in [3.8, 4) is 0 Å². The van der Waals surface area contributed by atoms with Crippen LogP contribution in [-0.2, 0) is 11.3 Å². The van der Waals surface area contributed by atoms with Gasteiger partial charge in [0.15, 0.2) is 5.69 Å². The van der Waals surface area contributed by atoms with Gasteiger partial charge in [-0.3, -0.25) is 0 Å². The van der Waals surface area contributed by atoms with Gasteiger partial charge in [0.1, 0.15) is 0 Å². The van der Waals surface area contributed by atoms with Gasteiger partial charge >= 0.3 is 5.97 Å². The molecule has 2 rings (SSSR count). The number of ether oxygens (including phenoxy) is 1. The van der Waals surface area contributed by atoms with E-state index in [1.54, 1.807) is 23.6 Å². The summed E-state index contributed by atoms with van der Waals surface area (Å²) < 4.78 is 4.75. The highest BCUT2D eigenvalue weighted by Crippen LogP contribution is 2.08. The molecule has 0 spiro atoms. The number of thiazole rings is 2. The van der Waals surface area contributed by atoms with Crippen LogP contribution in [-0.4, -0.2) is 27.7 Å². The summed E-state index contributed by atoms with van der Waals surface area (Å²) in [5.74, 6) is -0.336. The summed E-state index contributed by atoms with van der Waals surface area (Å²) >= 11 is 3.00. The summed E-state index contributed by atoms with van der Waals surface area (Å²) in [4.78, 5) is 19.0. The molecule has 7 heteroatoms. The molecular formula is C12H16N2O3S2. The van der Waals surface area contributed by atoms with Crippen LogP contribution in [0, 0.1) is 13.8 Å². The lowest BCUT2D eigenvalue weighted by Gasteiger charge is -1.95. The summed E-state index contributed by atoms with van der Waals surface area (Å²) in [6.07, 6.45) is 0. The highest BCUT2D eigenvalue weighted by molar-refractivity contribution is 7.09. The van der Waals surface area contributed by atoms with Crippen LogP contribution in [0.25, 0.3) is 0 Å². The Kier molecular flexibility index (Phi) is 6.61. The van der Waals surface area contributed by atoms with Crippen molar-refractivity contribution in [3.63, 3.8) is 0 Å². The molecule has 104 valence electrons. The smallest absolute Gasteiger partial charge is 0.357 e. The summed E-state index contributed by atoms with van der Waals surface area (Å²) in [6, 6.07) is 0. The first kappa shape index (κ1) is 15.7. The minimum atomic E-state index is -0.336. The van der Waals surface area contributed by atoms with E-state index in [-0.39, 0.29) is 12.6 Å². The van der Waals surface area contributed by atoms with E-state index in [1.807, 2.05) is 19.2 Å². The molecule has 0 bridgehead atoms. The Balaban J connectivity index is 0.000000200. The van der Waals surface area contributed by atoms with Crippen LogP contribution >= 0.6 is 22.7 Å². The quantitative estimate of drug-likeness (QED) is 0.882. The van der Waals surface area contributed by atoms with Gasteiger partial charge < -0.3 is 9.84 Å². The normalized spacial score (nSPS) is 9.68. The first-order chi connectivity index (χ1) is 9.06. The van der Waals surface area contributed by atoms with Crippen LogP contribution in [0.2, 0.25) is 0 Å². The van der Waals surface area contributed by atoms with E-state index in [4.69, 9.17) is 9.84 Å². The van der Waals surface area contributed by atoms with Crippen LogP contribution < -0.4 is 0 Å². The van der Waals surface area contributed by atoms with Crippen molar-refractivity contribution in [2.45, 2.75) is 27.4 Å². The first-order valence-electron chi connectivity index (χ1n) is 5.68. The van der Waals surface area contributed by atoms with Gasteiger partial charge in [-0.1, -0.05) is 0 Å². The SMILES string of the molecule is CCOC(=O)c1csc(C)n1.Cc1nc(CO)cs1. The number of carbonyl (C=O) groups is 1. The third-order valence-electron chi connectivity index (χ3n) is 1.93. The number of aryl methyl sites for hydroxylation is 2. The van der Waals surface area contributed by atoms with Gasteiger partial charge in [0.25, 0.3) is 0 Å². The molecule has 0 fully saturated rings. The zero-order chi connectivity index (χ0) is 14.3. The van der Waals surface area contributed by atoms with E-state index in [9.17, 15) is 4.79 Å². The van der Waals surface area contributed by atoms with Crippen LogP contribution in [0.3, 0.4) is 0 Å². The number of rotatable bonds is 3. The van der Waals surface area contributed by atoms with E-state index in [1.165, 1.54) is 11.3 Å². The Morgan fingerprint density at radius 2 is 1.89 bits per heavy atom. The molecule has 2 aromatic heterocycles. The maximum absolute atomic E-state index is 11.0. The second-order valence-corrected chi connectivity index (χ2v) is 5.61. The van der Waals surface area contributed by atoms with Gasteiger partial charge in [-0.2, -0.15) is 0 Å². The summed E-state index contributed by atoms with van der Waals surface area (Å²) in [7, 11) is 0. The molecule has 0 aromatic carbocycles. The van der Waals surface area contributed by atoms with Gasteiger partial charge in [0.2, 0.25) is 0 Å². The largest absolute Gasteiger partial charge is 0.461 e. The molecule has 2 heterocycles. The highest BCUT2D eigenvalue weighted by atomic mass is 32.1. The number of esters is 1. The van der Waals surface area contributed by atoms with Gasteiger partial charge in [0.05, 0.1) is 28.9 Å².